The maximum atomic E-state index is 14.2. The lowest BCUT2D eigenvalue weighted by Crippen LogP contribution is -2.37. The monoisotopic (exact) mass is 414 g/mol. The van der Waals surface area contributed by atoms with Gasteiger partial charge in [0, 0.05) is 24.7 Å². The Morgan fingerprint density at radius 2 is 2.10 bits per heavy atom. The standard InChI is InChI=1S/C18H27FN4O6/c1-18(2,3)21-6-4-14(24)28-10-15(25)27-9-11-8-12(19)16(29-11)23-7-5-13(20)22-17(23)26/h5,7,11-12,16,21H,4,6,8-10H2,1-3H3,(H2,20,22,26)/t11-,12-,16+/m0/s1. The van der Waals surface area contributed by atoms with Gasteiger partial charge in [0.15, 0.2) is 12.8 Å². The number of carbonyl (C=O) groups excluding carboxylic acids is 2. The highest BCUT2D eigenvalue weighted by Crippen LogP contribution is 2.30. The summed E-state index contributed by atoms with van der Waals surface area (Å²) in [4.78, 5) is 38.7. The highest BCUT2D eigenvalue weighted by molar-refractivity contribution is 5.76. The van der Waals surface area contributed by atoms with Gasteiger partial charge in [-0.15, -0.1) is 0 Å². The van der Waals surface area contributed by atoms with E-state index >= 15 is 0 Å². The lowest BCUT2D eigenvalue weighted by Gasteiger charge is -2.19. The Balaban J connectivity index is 1.71. The molecule has 3 atom stereocenters. The second-order valence-corrected chi connectivity index (χ2v) is 7.71. The minimum absolute atomic E-state index is 0.0221. The highest BCUT2D eigenvalue weighted by Gasteiger charge is 2.38. The molecular formula is C18H27FN4O6. The molecule has 0 spiro atoms. The fourth-order valence-electron chi connectivity index (χ4n) is 2.65. The number of nitrogens with two attached hydrogens (primary N) is 1. The Morgan fingerprint density at radius 1 is 1.38 bits per heavy atom. The van der Waals surface area contributed by atoms with Crippen LogP contribution in [0.4, 0.5) is 10.2 Å². The van der Waals surface area contributed by atoms with E-state index in [0.29, 0.717) is 6.54 Å². The molecule has 1 aliphatic heterocycles. The number of nitrogen functional groups attached to an aromatic ring is 1. The predicted molar refractivity (Wildman–Crippen MR) is 101 cm³/mol. The maximum Gasteiger partial charge on any atom is 0.351 e. The summed E-state index contributed by atoms with van der Waals surface area (Å²) in [5.41, 5.74) is 4.55. The van der Waals surface area contributed by atoms with Crippen LogP contribution in [0.5, 0.6) is 0 Å². The molecular weight excluding hydrogens is 387 g/mol. The number of ether oxygens (including phenoxy) is 3. The molecule has 1 aliphatic rings. The van der Waals surface area contributed by atoms with Gasteiger partial charge in [-0.1, -0.05) is 0 Å². The third kappa shape index (κ3) is 7.42. The Bertz CT molecular complexity index is 778. The van der Waals surface area contributed by atoms with Crippen LogP contribution < -0.4 is 16.7 Å². The molecule has 0 amide bonds. The van der Waals surface area contributed by atoms with Crippen LogP contribution in [0.1, 0.15) is 39.8 Å². The lowest BCUT2D eigenvalue weighted by atomic mass is 10.1. The second kappa shape index (κ2) is 9.79. The van der Waals surface area contributed by atoms with Crippen LogP contribution in [-0.2, 0) is 23.8 Å². The minimum Gasteiger partial charge on any atom is -0.460 e. The smallest absolute Gasteiger partial charge is 0.351 e. The first-order valence-corrected chi connectivity index (χ1v) is 9.25. The van der Waals surface area contributed by atoms with E-state index in [1.54, 1.807) is 0 Å². The summed E-state index contributed by atoms with van der Waals surface area (Å²) in [6.45, 7) is 5.56. The topological polar surface area (TPSA) is 135 Å². The molecule has 0 aromatic carbocycles. The number of halogens is 1. The molecule has 0 saturated carbocycles. The van der Waals surface area contributed by atoms with E-state index in [0.717, 1.165) is 4.57 Å². The van der Waals surface area contributed by atoms with Crippen molar-refractivity contribution in [3.63, 3.8) is 0 Å². The lowest BCUT2D eigenvalue weighted by molar-refractivity contribution is -0.161. The Hall–Kier alpha value is -2.53. The molecule has 1 aromatic heterocycles. The zero-order valence-electron chi connectivity index (χ0n) is 16.7. The van der Waals surface area contributed by atoms with Crippen molar-refractivity contribution in [1.29, 1.82) is 0 Å². The largest absolute Gasteiger partial charge is 0.460 e. The molecule has 2 heterocycles. The van der Waals surface area contributed by atoms with Gasteiger partial charge in [-0.3, -0.25) is 9.36 Å². The molecule has 29 heavy (non-hydrogen) atoms. The third-order valence-corrected chi connectivity index (χ3v) is 4.02. The maximum absolute atomic E-state index is 14.2. The molecule has 162 valence electrons. The molecule has 1 aromatic rings. The number of esters is 2. The zero-order valence-corrected chi connectivity index (χ0v) is 16.7. The van der Waals surface area contributed by atoms with E-state index in [-0.39, 0.29) is 30.8 Å². The Morgan fingerprint density at radius 3 is 2.76 bits per heavy atom. The number of anilines is 1. The van der Waals surface area contributed by atoms with Crippen LogP contribution in [-0.4, -0.2) is 59.1 Å². The Labute approximate surface area is 167 Å². The first-order chi connectivity index (χ1) is 13.5. The van der Waals surface area contributed by atoms with Crippen molar-refractivity contribution in [3.8, 4) is 0 Å². The van der Waals surface area contributed by atoms with E-state index < -0.39 is 42.7 Å². The Kier molecular flexibility index (Phi) is 7.68. The fourth-order valence-corrected chi connectivity index (χ4v) is 2.65. The van der Waals surface area contributed by atoms with Crippen LogP contribution in [0.2, 0.25) is 0 Å². The zero-order chi connectivity index (χ0) is 21.6. The number of alkyl halides is 1. The van der Waals surface area contributed by atoms with Crippen molar-refractivity contribution in [2.75, 3.05) is 25.5 Å². The SMILES string of the molecule is CC(C)(C)NCCC(=O)OCC(=O)OC[C@@H]1C[C@H](F)[C@H](n2ccc(N)nc2=O)O1. The summed E-state index contributed by atoms with van der Waals surface area (Å²) in [6, 6.07) is 1.36. The summed E-state index contributed by atoms with van der Waals surface area (Å²) in [5, 5.41) is 3.13. The average Bonchev–Trinajstić information content (AvgIpc) is 2.97. The number of nitrogens with zero attached hydrogens (tertiary/aromatic N) is 2. The van der Waals surface area contributed by atoms with Gasteiger partial charge in [0.05, 0.1) is 12.5 Å². The number of hydrogen-bond donors (Lipinski definition) is 2. The van der Waals surface area contributed by atoms with Gasteiger partial charge in [-0.05, 0) is 26.8 Å². The summed E-state index contributed by atoms with van der Waals surface area (Å²) >= 11 is 0. The number of rotatable bonds is 8. The number of aromatic nitrogens is 2. The van der Waals surface area contributed by atoms with Gasteiger partial charge in [-0.2, -0.15) is 4.98 Å². The first-order valence-electron chi connectivity index (χ1n) is 9.25. The minimum atomic E-state index is -1.48. The fraction of sp³-hybridized carbons (Fsp3) is 0.667. The van der Waals surface area contributed by atoms with Crippen LogP contribution in [0.25, 0.3) is 0 Å². The molecule has 1 saturated heterocycles. The van der Waals surface area contributed by atoms with E-state index in [1.165, 1.54) is 12.3 Å². The quantitative estimate of drug-likeness (QED) is 0.576. The van der Waals surface area contributed by atoms with Gasteiger partial charge in [0.2, 0.25) is 0 Å². The molecule has 2 rings (SSSR count). The first kappa shape index (κ1) is 22.8. The van der Waals surface area contributed by atoms with Gasteiger partial charge < -0.3 is 25.3 Å². The highest BCUT2D eigenvalue weighted by atomic mass is 19.1. The molecule has 0 aliphatic carbocycles. The summed E-state index contributed by atoms with van der Waals surface area (Å²) in [5.74, 6) is -1.28. The molecule has 1 fully saturated rings. The van der Waals surface area contributed by atoms with Gasteiger partial charge in [0.1, 0.15) is 18.6 Å². The van der Waals surface area contributed by atoms with E-state index in [9.17, 15) is 18.8 Å². The van der Waals surface area contributed by atoms with Crippen LogP contribution >= 0.6 is 0 Å². The molecule has 0 unspecified atom stereocenters. The molecule has 3 N–H and O–H groups in total. The number of nitrogens with one attached hydrogen (secondary N) is 1. The van der Waals surface area contributed by atoms with E-state index in [2.05, 4.69) is 10.3 Å². The third-order valence-electron chi connectivity index (χ3n) is 4.02. The van der Waals surface area contributed by atoms with Gasteiger partial charge in [0.25, 0.3) is 0 Å². The van der Waals surface area contributed by atoms with Crippen LogP contribution in [0.3, 0.4) is 0 Å². The van der Waals surface area contributed by atoms with E-state index in [4.69, 9.17) is 19.9 Å². The van der Waals surface area contributed by atoms with Crippen molar-refractivity contribution < 1.29 is 28.2 Å². The summed E-state index contributed by atoms with van der Waals surface area (Å²) in [6.07, 6.45) is -2.04. The number of hydrogen-bond acceptors (Lipinski definition) is 9. The van der Waals surface area contributed by atoms with Crippen LogP contribution in [0.15, 0.2) is 17.1 Å². The molecule has 0 bridgehead atoms. The predicted octanol–water partition coefficient (Wildman–Crippen LogP) is 0.316. The van der Waals surface area contributed by atoms with Gasteiger partial charge in [-0.25, -0.2) is 14.0 Å². The van der Waals surface area contributed by atoms with Crippen molar-refractivity contribution in [2.24, 2.45) is 0 Å². The summed E-state index contributed by atoms with van der Waals surface area (Å²) < 4.78 is 30.5. The molecule has 10 nitrogen and oxygen atoms in total. The molecule has 11 heteroatoms. The average molecular weight is 414 g/mol. The number of carbonyl (C=O) groups is 2. The van der Waals surface area contributed by atoms with Gasteiger partial charge >= 0.3 is 17.6 Å². The second-order valence-electron chi connectivity index (χ2n) is 7.71. The van der Waals surface area contributed by atoms with Crippen molar-refractivity contribution >= 4 is 17.8 Å². The van der Waals surface area contributed by atoms with E-state index in [1.807, 2.05) is 20.8 Å². The summed E-state index contributed by atoms with van der Waals surface area (Å²) in [7, 11) is 0. The van der Waals surface area contributed by atoms with Crippen molar-refractivity contribution in [1.82, 2.24) is 14.9 Å². The normalized spacial score (nSPS) is 21.7. The van der Waals surface area contributed by atoms with Crippen molar-refractivity contribution in [3.05, 3.63) is 22.7 Å². The molecule has 0 radical (unpaired) electrons. The van der Waals surface area contributed by atoms with Crippen molar-refractivity contribution in [2.45, 2.75) is 57.7 Å². The van der Waals surface area contributed by atoms with Crippen LogP contribution in [0, 0.1) is 0 Å².